The second kappa shape index (κ2) is 13.5. The van der Waals surface area contributed by atoms with Gasteiger partial charge in [-0.2, -0.15) is 4.98 Å². The highest BCUT2D eigenvalue weighted by Crippen LogP contribution is 2.59. The molecule has 2 aromatic carbocycles. The van der Waals surface area contributed by atoms with Crippen LogP contribution in [-0.2, 0) is 9.59 Å². The summed E-state index contributed by atoms with van der Waals surface area (Å²) < 4.78 is 7.38. The lowest BCUT2D eigenvalue weighted by molar-refractivity contribution is -0.127. The first kappa shape index (κ1) is 33.9. The minimum atomic E-state index is -0.226. The lowest BCUT2D eigenvalue weighted by atomic mass is 9.49. The highest BCUT2D eigenvalue weighted by atomic mass is 16.5. The molecule has 0 spiro atoms. The molecule has 11 nitrogen and oxygen atoms in total. The zero-order chi connectivity index (χ0) is 36.3. The van der Waals surface area contributed by atoms with Crippen LogP contribution in [0.4, 0.5) is 23.0 Å². The number of hydrogen-bond acceptors (Lipinski definition) is 8. The van der Waals surface area contributed by atoms with Gasteiger partial charge in [-0.05, 0) is 130 Å². The Kier molecular flexibility index (Phi) is 8.62. The fourth-order valence-corrected chi connectivity index (χ4v) is 10.3. The van der Waals surface area contributed by atoms with Gasteiger partial charge in [0.1, 0.15) is 5.75 Å². The smallest absolute Gasteiger partial charge is 0.257 e. The van der Waals surface area contributed by atoms with Gasteiger partial charge in [0.2, 0.25) is 17.8 Å². The number of rotatable bonds is 10. The molecule has 11 heteroatoms. The number of carbonyl (C=O) groups is 2. The Morgan fingerprint density at radius 2 is 1.60 bits per heavy atom. The fraction of sp³-hybridized carbons (Fsp3) is 0.500. The lowest BCUT2D eigenvalue weighted by Crippen LogP contribution is -2.52. The van der Waals surface area contributed by atoms with Crippen molar-refractivity contribution in [2.45, 2.75) is 71.1 Å². The summed E-state index contributed by atoms with van der Waals surface area (Å²) in [5.41, 5.74) is 4.33. The average molecular weight is 716 g/mol. The number of aryl methyl sites for hydroxylation is 1. The molecule has 53 heavy (non-hydrogen) atoms. The van der Waals surface area contributed by atoms with E-state index in [-0.39, 0.29) is 29.2 Å². The van der Waals surface area contributed by atoms with Gasteiger partial charge in [-0.1, -0.05) is 6.07 Å². The highest BCUT2D eigenvalue weighted by Gasteiger charge is 2.51. The first-order valence-corrected chi connectivity index (χ1v) is 19.5. The Bertz CT molecular complexity index is 2100. The van der Waals surface area contributed by atoms with Gasteiger partial charge in [0.05, 0.1) is 18.5 Å². The van der Waals surface area contributed by atoms with E-state index in [4.69, 9.17) is 9.72 Å². The van der Waals surface area contributed by atoms with E-state index in [1.54, 1.807) is 30.0 Å². The van der Waals surface area contributed by atoms with Crippen LogP contribution in [0.1, 0.15) is 69.8 Å². The van der Waals surface area contributed by atoms with E-state index in [1.807, 2.05) is 37.3 Å². The Hall–Kier alpha value is -4.93. The minimum absolute atomic E-state index is 0.00586. The Balaban J connectivity index is 0.875. The Morgan fingerprint density at radius 3 is 2.30 bits per heavy atom. The van der Waals surface area contributed by atoms with Crippen molar-refractivity contribution in [3.63, 3.8) is 0 Å². The van der Waals surface area contributed by atoms with Crippen LogP contribution < -0.4 is 31.1 Å². The molecule has 2 amide bonds. The quantitative estimate of drug-likeness (QED) is 0.165. The van der Waals surface area contributed by atoms with E-state index < -0.39 is 0 Å². The van der Waals surface area contributed by atoms with Crippen molar-refractivity contribution in [3.8, 4) is 11.4 Å². The van der Waals surface area contributed by atoms with Gasteiger partial charge in [-0.3, -0.25) is 19.0 Å². The van der Waals surface area contributed by atoms with Gasteiger partial charge in [-0.25, -0.2) is 4.98 Å². The standard InChI is InChI=1S/C42H49N7O4/c1-25-14-37(50)49(33-5-3-4-31(18-33)45-40(52)29-6-7-29)38-34(25)23-43-41(47-38)46-35-9-8-32(19-36(35)53-2)48-12-10-30(11-13-48)39(51)44-24-42-20-26-15-27(21-42)17-28(16-26)22-42/h3-5,8-9,14,18-19,23,26-30H,6-7,10-13,15-17,20-22,24H2,1-2H3,(H,44,51)(H,45,52)(H,43,46,47). The summed E-state index contributed by atoms with van der Waals surface area (Å²) in [6, 6.07) is 14.9. The monoisotopic (exact) mass is 715 g/mol. The van der Waals surface area contributed by atoms with E-state index in [0.29, 0.717) is 39.8 Å². The zero-order valence-corrected chi connectivity index (χ0v) is 30.7. The molecule has 3 N–H and O–H groups in total. The molecule has 3 heterocycles. The van der Waals surface area contributed by atoms with E-state index in [2.05, 4.69) is 31.9 Å². The van der Waals surface area contributed by atoms with Crippen molar-refractivity contribution in [2.75, 3.05) is 42.3 Å². The van der Waals surface area contributed by atoms with Gasteiger partial charge in [-0.15, -0.1) is 0 Å². The largest absolute Gasteiger partial charge is 0.494 e. The summed E-state index contributed by atoms with van der Waals surface area (Å²) in [5, 5.41) is 10.5. The van der Waals surface area contributed by atoms with E-state index in [9.17, 15) is 14.4 Å². The number of fused-ring (bicyclic) bond motifs is 1. The maximum Gasteiger partial charge on any atom is 0.257 e. The van der Waals surface area contributed by atoms with Crippen LogP contribution in [-0.4, -0.2) is 53.1 Å². The van der Waals surface area contributed by atoms with Gasteiger partial charge < -0.3 is 25.6 Å². The number of methoxy groups -OCH3 is 1. The van der Waals surface area contributed by atoms with Gasteiger partial charge >= 0.3 is 0 Å². The third-order valence-corrected chi connectivity index (χ3v) is 12.8. The number of nitrogens with one attached hydrogen (secondary N) is 3. The first-order chi connectivity index (χ1) is 25.7. The molecule has 4 bridgehead atoms. The molecule has 4 aromatic rings. The fourth-order valence-electron chi connectivity index (χ4n) is 10.3. The molecule has 6 aliphatic rings. The summed E-state index contributed by atoms with van der Waals surface area (Å²) in [4.78, 5) is 50.9. The summed E-state index contributed by atoms with van der Waals surface area (Å²) in [6.07, 6.45) is 13.4. The normalized spacial score (nSPS) is 25.0. The molecule has 1 aliphatic heterocycles. The Labute approximate surface area is 309 Å². The average Bonchev–Trinajstić information content (AvgIpc) is 4.00. The lowest BCUT2D eigenvalue weighted by Gasteiger charge is -2.57. The van der Waals surface area contributed by atoms with E-state index >= 15 is 0 Å². The van der Waals surface area contributed by atoms with Crippen molar-refractivity contribution in [3.05, 3.63) is 70.6 Å². The Morgan fingerprint density at radius 1 is 0.887 bits per heavy atom. The number of anilines is 4. The van der Waals surface area contributed by atoms with Crippen LogP contribution >= 0.6 is 0 Å². The summed E-state index contributed by atoms with van der Waals surface area (Å²) >= 11 is 0. The van der Waals surface area contributed by atoms with Crippen molar-refractivity contribution in [1.82, 2.24) is 19.9 Å². The third kappa shape index (κ3) is 6.74. The number of piperidine rings is 1. The number of carbonyl (C=O) groups excluding carboxylic acids is 2. The molecule has 5 aliphatic carbocycles. The van der Waals surface area contributed by atoms with Crippen LogP contribution in [0.2, 0.25) is 0 Å². The van der Waals surface area contributed by atoms with E-state index in [0.717, 1.165) is 79.7 Å². The van der Waals surface area contributed by atoms with Crippen LogP contribution in [0.5, 0.6) is 5.75 Å². The van der Waals surface area contributed by atoms with Crippen molar-refractivity contribution < 1.29 is 14.3 Å². The maximum atomic E-state index is 13.4. The zero-order valence-electron chi connectivity index (χ0n) is 30.7. The number of hydrogen-bond donors (Lipinski definition) is 3. The molecular formula is C42H49N7O4. The molecule has 0 atom stereocenters. The van der Waals surface area contributed by atoms with Crippen LogP contribution in [0.25, 0.3) is 16.7 Å². The summed E-state index contributed by atoms with van der Waals surface area (Å²) in [7, 11) is 1.64. The number of benzene rings is 2. The predicted octanol–water partition coefficient (Wildman–Crippen LogP) is 6.74. The maximum absolute atomic E-state index is 13.4. The molecule has 1 saturated heterocycles. The van der Waals surface area contributed by atoms with Gasteiger partial charge in [0.25, 0.3) is 5.56 Å². The van der Waals surface area contributed by atoms with Crippen LogP contribution in [0.3, 0.4) is 0 Å². The highest BCUT2D eigenvalue weighted by molar-refractivity contribution is 5.94. The van der Waals surface area contributed by atoms with Gasteiger partial charge in [0, 0.05) is 66.6 Å². The van der Waals surface area contributed by atoms with Crippen LogP contribution in [0, 0.1) is 41.9 Å². The van der Waals surface area contributed by atoms with Gasteiger partial charge in [0.15, 0.2) is 5.65 Å². The topological polar surface area (TPSA) is 130 Å². The number of pyridine rings is 1. The second-order valence-electron chi connectivity index (χ2n) is 16.7. The number of nitrogens with zero attached hydrogens (tertiary/aromatic N) is 4. The predicted molar refractivity (Wildman–Crippen MR) is 206 cm³/mol. The molecule has 5 saturated carbocycles. The van der Waals surface area contributed by atoms with Crippen molar-refractivity contribution >= 4 is 45.9 Å². The molecule has 6 fully saturated rings. The first-order valence-electron chi connectivity index (χ1n) is 19.5. The molecule has 0 radical (unpaired) electrons. The van der Waals surface area contributed by atoms with Crippen molar-refractivity contribution in [2.24, 2.45) is 35.0 Å². The number of ether oxygens (including phenoxy) is 1. The number of aromatic nitrogens is 3. The second-order valence-corrected chi connectivity index (χ2v) is 16.7. The van der Waals surface area contributed by atoms with Crippen LogP contribution in [0.15, 0.2) is 59.5 Å². The molecule has 2 aromatic heterocycles. The molecule has 276 valence electrons. The minimum Gasteiger partial charge on any atom is -0.494 e. The van der Waals surface area contributed by atoms with E-state index in [1.165, 1.54) is 38.5 Å². The number of amides is 2. The molecule has 10 rings (SSSR count). The molecular weight excluding hydrogens is 667 g/mol. The third-order valence-electron chi connectivity index (χ3n) is 12.8. The van der Waals surface area contributed by atoms with Crippen molar-refractivity contribution in [1.29, 1.82) is 0 Å². The molecule has 0 unspecified atom stereocenters. The summed E-state index contributed by atoms with van der Waals surface area (Å²) in [5.74, 6) is 4.01. The SMILES string of the molecule is COc1cc(N2CCC(C(=O)NCC34CC5CC(CC(C5)C3)C4)CC2)ccc1Nc1ncc2c(C)cc(=O)n(-c3cccc(NC(=O)C4CC4)c3)c2n1. The summed E-state index contributed by atoms with van der Waals surface area (Å²) in [6.45, 7) is 4.35.